The number of hydrogen-bond donors (Lipinski definition) is 1. The number of aliphatic hydroxyl groups is 1. The van der Waals surface area contributed by atoms with Crippen LogP contribution in [-0.2, 0) is 0 Å². The molecule has 0 aliphatic heterocycles. The molecule has 0 aliphatic rings. The molecule has 0 fully saturated rings. The topological polar surface area (TPSA) is 20.2 Å². The van der Waals surface area contributed by atoms with Crippen LogP contribution in [0.1, 0.15) is 71.4 Å². The van der Waals surface area contributed by atoms with Crippen molar-refractivity contribution in [2.45, 2.75) is 60.3 Å². The lowest BCUT2D eigenvalue weighted by Crippen LogP contribution is -1.98. The summed E-state index contributed by atoms with van der Waals surface area (Å²) in [6, 6.07) is 8.68. The van der Waals surface area contributed by atoms with E-state index >= 15 is 0 Å². The molecule has 120 valence electrons. The fraction of sp³-hybridized carbons (Fsp3) is 0.600. The lowest BCUT2D eigenvalue weighted by Gasteiger charge is -2.06. The Morgan fingerprint density at radius 3 is 2.19 bits per heavy atom. The molecule has 1 rings (SSSR count). The van der Waals surface area contributed by atoms with Gasteiger partial charge in [-0.15, -0.1) is 0 Å². The molecule has 0 saturated heterocycles. The molecule has 1 aromatic rings. The van der Waals surface area contributed by atoms with E-state index in [2.05, 4.69) is 78.0 Å². The molecular formula is C20H34O. The van der Waals surface area contributed by atoms with Crippen LogP contribution in [0.5, 0.6) is 0 Å². The Morgan fingerprint density at radius 2 is 1.67 bits per heavy atom. The van der Waals surface area contributed by atoms with E-state index in [4.69, 9.17) is 5.11 Å². The van der Waals surface area contributed by atoms with E-state index in [1.807, 2.05) is 0 Å². The third kappa shape index (κ3) is 11.3. The molecule has 1 nitrogen and oxygen atoms in total. The van der Waals surface area contributed by atoms with Crippen molar-refractivity contribution in [3.8, 4) is 0 Å². The maximum atomic E-state index is 8.92. The molecule has 1 aromatic carbocycles. The third-order valence-electron chi connectivity index (χ3n) is 3.03. The van der Waals surface area contributed by atoms with Crippen LogP contribution in [-0.4, -0.2) is 11.7 Å². The molecule has 0 aliphatic carbocycles. The first-order valence-electron chi connectivity index (χ1n) is 8.24. The highest BCUT2D eigenvalue weighted by Gasteiger charge is 1.99. The standard InChI is InChI=1S/C16H24O.C4H10/c1-13(2)16-10-6-9-15(11-16)8-5-4-7-14(3)12-17;1-4(2)3/h5-6,8-11,13-14,17H,4,7,12H2,1-3H3;4H,1-3H3/b8-5+;/t14-;/m1./s1. The summed E-state index contributed by atoms with van der Waals surface area (Å²) in [6.45, 7) is 13.3. The van der Waals surface area contributed by atoms with Crippen LogP contribution in [0.3, 0.4) is 0 Å². The number of hydrogen-bond acceptors (Lipinski definition) is 1. The van der Waals surface area contributed by atoms with Gasteiger partial charge in [-0.25, -0.2) is 0 Å². The van der Waals surface area contributed by atoms with Gasteiger partial charge in [0.2, 0.25) is 0 Å². The fourth-order valence-corrected chi connectivity index (χ4v) is 1.71. The van der Waals surface area contributed by atoms with Gasteiger partial charge in [0.05, 0.1) is 0 Å². The van der Waals surface area contributed by atoms with Crippen LogP contribution >= 0.6 is 0 Å². The summed E-state index contributed by atoms with van der Waals surface area (Å²) in [5, 5.41) is 8.92. The molecule has 0 bridgehead atoms. The molecule has 0 aromatic heterocycles. The molecule has 21 heavy (non-hydrogen) atoms. The zero-order chi connectivity index (χ0) is 16.3. The highest BCUT2D eigenvalue weighted by atomic mass is 16.3. The first-order valence-corrected chi connectivity index (χ1v) is 8.24. The van der Waals surface area contributed by atoms with Gasteiger partial charge in [-0.2, -0.15) is 0 Å². The van der Waals surface area contributed by atoms with Gasteiger partial charge in [0.25, 0.3) is 0 Å². The molecule has 1 atom stereocenters. The Kier molecular flexibility index (Phi) is 11.0. The number of aliphatic hydroxyl groups excluding tert-OH is 1. The third-order valence-corrected chi connectivity index (χ3v) is 3.03. The quantitative estimate of drug-likeness (QED) is 0.692. The van der Waals surface area contributed by atoms with E-state index in [1.54, 1.807) is 0 Å². The second-order valence-electron chi connectivity index (χ2n) is 6.82. The summed E-state index contributed by atoms with van der Waals surface area (Å²) < 4.78 is 0. The van der Waals surface area contributed by atoms with Crippen LogP contribution in [0.25, 0.3) is 6.08 Å². The van der Waals surface area contributed by atoms with Gasteiger partial charge in [0, 0.05) is 6.61 Å². The summed E-state index contributed by atoms with van der Waals surface area (Å²) in [6.07, 6.45) is 6.46. The summed E-state index contributed by atoms with van der Waals surface area (Å²) >= 11 is 0. The lowest BCUT2D eigenvalue weighted by molar-refractivity contribution is 0.231. The average Bonchev–Trinajstić information content (AvgIpc) is 2.43. The van der Waals surface area contributed by atoms with Crippen molar-refractivity contribution in [1.29, 1.82) is 0 Å². The Hall–Kier alpha value is -1.08. The zero-order valence-corrected chi connectivity index (χ0v) is 14.8. The fourth-order valence-electron chi connectivity index (χ4n) is 1.71. The van der Waals surface area contributed by atoms with E-state index in [0.717, 1.165) is 18.8 Å². The molecule has 0 heterocycles. The van der Waals surface area contributed by atoms with Gasteiger partial charge in [-0.3, -0.25) is 0 Å². The Morgan fingerprint density at radius 1 is 1.05 bits per heavy atom. The second kappa shape index (κ2) is 11.6. The predicted molar refractivity (Wildman–Crippen MR) is 95.6 cm³/mol. The van der Waals surface area contributed by atoms with E-state index in [0.29, 0.717) is 11.8 Å². The maximum absolute atomic E-state index is 8.92. The van der Waals surface area contributed by atoms with Crippen molar-refractivity contribution >= 4 is 6.08 Å². The van der Waals surface area contributed by atoms with Crippen LogP contribution in [0.15, 0.2) is 30.3 Å². The van der Waals surface area contributed by atoms with Crippen LogP contribution in [0.4, 0.5) is 0 Å². The molecule has 1 heteroatoms. The van der Waals surface area contributed by atoms with E-state index in [-0.39, 0.29) is 6.61 Å². The van der Waals surface area contributed by atoms with Gasteiger partial charge in [0.1, 0.15) is 0 Å². The summed E-state index contributed by atoms with van der Waals surface area (Å²) in [5.41, 5.74) is 2.66. The van der Waals surface area contributed by atoms with Crippen molar-refractivity contribution < 1.29 is 5.11 Å². The number of allylic oxidation sites excluding steroid dienone is 1. The van der Waals surface area contributed by atoms with Crippen LogP contribution in [0, 0.1) is 11.8 Å². The van der Waals surface area contributed by atoms with Crippen molar-refractivity contribution in [3.05, 3.63) is 41.5 Å². The molecule has 0 amide bonds. The SMILES string of the molecule is CC(C)C.CC(C)c1cccc(/C=C/CC[C@@H](C)CO)c1. The normalized spacial score (nSPS) is 12.6. The molecule has 0 saturated carbocycles. The highest BCUT2D eigenvalue weighted by molar-refractivity contribution is 5.50. The second-order valence-corrected chi connectivity index (χ2v) is 6.82. The van der Waals surface area contributed by atoms with Crippen LogP contribution in [0.2, 0.25) is 0 Å². The zero-order valence-electron chi connectivity index (χ0n) is 14.8. The lowest BCUT2D eigenvalue weighted by atomic mass is 10.0. The number of rotatable bonds is 6. The van der Waals surface area contributed by atoms with Gasteiger partial charge in [0.15, 0.2) is 0 Å². The van der Waals surface area contributed by atoms with Crippen molar-refractivity contribution in [3.63, 3.8) is 0 Å². The van der Waals surface area contributed by atoms with Gasteiger partial charge in [-0.05, 0) is 41.7 Å². The minimum Gasteiger partial charge on any atom is -0.396 e. The summed E-state index contributed by atoms with van der Waals surface area (Å²) in [7, 11) is 0. The number of benzene rings is 1. The van der Waals surface area contributed by atoms with E-state index < -0.39 is 0 Å². The van der Waals surface area contributed by atoms with Gasteiger partial charge < -0.3 is 5.11 Å². The first kappa shape index (κ1) is 19.9. The predicted octanol–water partition coefficient (Wildman–Crippen LogP) is 5.89. The summed E-state index contributed by atoms with van der Waals surface area (Å²) in [4.78, 5) is 0. The first-order chi connectivity index (χ1) is 9.86. The van der Waals surface area contributed by atoms with Crippen LogP contribution < -0.4 is 0 Å². The van der Waals surface area contributed by atoms with Crippen molar-refractivity contribution in [1.82, 2.24) is 0 Å². The smallest absolute Gasteiger partial charge is 0.0456 e. The molecular weight excluding hydrogens is 256 g/mol. The Labute approximate surface area is 132 Å². The molecule has 0 unspecified atom stereocenters. The van der Waals surface area contributed by atoms with E-state index in [9.17, 15) is 0 Å². The van der Waals surface area contributed by atoms with Crippen molar-refractivity contribution in [2.24, 2.45) is 11.8 Å². The van der Waals surface area contributed by atoms with E-state index in [1.165, 1.54) is 11.1 Å². The average molecular weight is 290 g/mol. The largest absolute Gasteiger partial charge is 0.396 e. The minimum atomic E-state index is 0.288. The van der Waals surface area contributed by atoms with Crippen molar-refractivity contribution in [2.75, 3.05) is 6.61 Å². The molecule has 0 spiro atoms. The van der Waals surface area contributed by atoms with Gasteiger partial charge >= 0.3 is 0 Å². The Balaban J connectivity index is 0.000000885. The maximum Gasteiger partial charge on any atom is 0.0456 e. The highest BCUT2D eigenvalue weighted by Crippen LogP contribution is 2.16. The Bertz CT molecular complexity index is 388. The summed E-state index contributed by atoms with van der Waals surface area (Å²) in [5.74, 6) is 1.82. The molecule has 0 radical (unpaired) electrons. The minimum absolute atomic E-state index is 0.288. The monoisotopic (exact) mass is 290 g/mol. The molecule has 1 N–H and O–H groups in total. The van der Waals surface area contributed by atoms with Gasteiger partial charge in [-0.1, -0.05) is 78.0 Å².